The highest BCUT2D eigenvalue weighted by atomic mass is 16.5. The summed E-state index contributed by atoms with van der Waals surface area (Å²) in [5, 5.41) is 2.89. The molecule has 0 aliphatic heterocycles. The van der Waals surface area contributed by atoms with Crippen LogP contribution in [-0.2, 0) is 11.3 Å². The molecule has 2 fully saturated rings. The quantitative estimate of drug-likeness (QED) is 0.740. The van der Waals surface area contributed by atoms with Crippen LogP contribution in [0.2, 0.25) is 0 Å². The van der Waals surface area contributed by atoms with Crippen molar-refractivity contribution in [2.75, 3.05) is 0 Å². The number of aromatic nitrogens is 3. The molecule has 1 amide bonds. The molecule has 3 aromatic rings. The molecule has 2 saturated carbocycles. The molecular formula is C21H22N4O3. The Kier molecular flexibility index (Phi) is 4.15. The van der Waals surface area contributed by atoms with Gasteiger partial charge >= 0.3 is 11.8 Å². The molecule has 0 unspecified atom stereocenters. The Morgan fingerprint density at radius 1 is 1.07 bits per heavy atom. The summed E-state index contributed by atoms with van der Waals surface area (Å²) in [7, 11) is 0. The largest absolute Gasteiger partial charge is 0.445 e. The Labute approximate surface area is 161 Å². The van der Waals surface area contributed by atoms with Crippen LogP contribution in [-0.4, -0.2) is 26.3 Å². The molecule has 2 aliphatic rings. The highest BCUT2D eigenvalue weighted by Gasteiger charge is 2.37. The Morgan fingerprint density at radius 3 is 2.61 bits per heavy atom. The number of imidazole rings is 1. The molecule has 5 rings (SSSR count). The third-order valence-electron chi connectivity index (χ3n) is 5.59. The summed E-state index contributed by atoms with van der Waals surface area (Å²) in [5.74, 6) is 0. The first-order chi connectivity index (χ1) is 13.7. The van der Waals surface area contributed by atoms with Gasteiger partial charge in [-0.2, -0.15) is 0 Å². The fourth-order valence-corrected chi connectivity index (χ4v) is 3.93. The van der Waals surface area contributed by atoms with E-state index in [0.717, 1.165) is 29.6 Å². The fraction of sp³-hybridized carbons (Fsp3) is 0.381. The predicted molar refractivity (Wildman–Crippen MR) is 104 cm³/mol. The minimum atomic E-state index is -0.418. The summed E-state index contributed by atoms with van der Waals surface area (Å²) in [6.45, 7) is 0.251. The number of alkyl carbamates (subject to hydrolysis) is 1. The Hall–Kier alpha value is -3.09. The van der Waals surface area contributed by atoms with Gasteiger partial charge in [0.1, 0.15) is 6.61 Å². The SMILES string of the molecule is O=C(N[C@H]1C[C@H](n2c(=O)n(C3CC3)c3cccnc32)C1)OCc1ccccc1. The lowest BCUT2D eigenvalue weighted by molar-refractivity contribution is 0.122. The van der Waals surface area contributed by atoms with Crippen LogP contribution < -0.4 is 11.0 Å². The zero-order chi connectivity index (χ0) is 19.1. The lowest BCUT2D eigenvalue weighted by Crippen LogP contribution is -2.47. The number of hydrogen-bond donors (Lipinski definition) is 1. The highest BCUT2D eigenvalue weighted by Crippen LogP contribution is 2.38. The number of ether oxygens (including phenoxy) is 1. The van der Waals surface area contributed by atoms with Gasteiger partial charge in [-0.05, 0) is 43.4 Å². The second kappa shape index (κ2) is 6.82. The number of carbonyl (C=O) groups excluding carboxylic acids is 1. The molecule has 0 bridgehead atoms. The van der Waals surface area contributed by atoms with Crippen molar-refractivity contribution in [1.82, 2.24) is 19.4 Å². The second-order valence-electron chi connectivity index (χ2n) is 7.63. The number of amides is 1. The normalized spacial score (nSPS) is 21.3. The van der Waals surface area contributed by atoms with Crippen molar-refractivity contribution >= 4 is 17.3 Å². The molecule has 2 aliphatic carbocycles. The second-order valence-corrected chi connectivity index (χ2v) is 7.63. The van der Waals surface area contributed by atoms with E-state index < -0.39 is 6.09 Å². The van der Waals surface area contributed by atoms with E-state index in [4.69, 9.17) is 4.74 Å². The van der Waals surface area contributed by atoms with E-state index in [1.807, 2.05) is 47.0 Å². The van der Waals surface area contributed by atoms with Gasteiger partial charge in [0, 0.05) is 24.3 Å². The van der Waals surface area contributed by atoms with E-state index in [-0.39, 0.29) is 24.4 Å². The molecule has 0 radical (unpaired) electrons. The van der Waals surface area contributed by atoms with Gasteiger partial charge in [-0.25, -0.2) is 14.6 Å². The number of fused-ring (bicyclic) bond motifs is 1. The van der Waals surface area contributed by atoms with Crippen LogP contribution in [0.3, 0.4) is 0 Å². The van der Waals surface area contributed by atoms with Crippen molar-refractivity contribution in [2.45, 2.75) is 50.4 Å². The summed E-state index contributed by atoms with van der Waals surface area (Å²) >= 11 is 0. The van der Waals surface area contributed by atoms with Crippen molar-refractivity contribution < 1.29 is 9.53 Å². The van der Waals surface area contributed by atoms with E-state index in [1.165, 1.54) is 0 Å². The summed E-state index contributed by atoms with van der Waals surface area (Å²) in [6.07, 6.45) is 4.83. The van der Waals surface area contributed by atoms with Gasteiger partial charge in [-0.1, -0.05) is 30.3 Å². The van der Waals surface area contributed by atoms with E-state index in [2.05, 4.69) is 10.3 Å². The zero-order valence-corrected chi connectivity index (χ0v) is 15.5. The van der Waals surface area contributed by atoms with Crippen molar-refractivity contribution in [2.24, 2.45) is 0 Å². The van der Waals surface area contributed by atoms with Gasteiger partial charge in [-0.15, -0.1) is 0 Å². The average molecular weight is 378 g/mol. The van der Waals surface area contributed by atoms with Gasteiger partial charge in [-0.3, -0.25) is 9.13 Å². The number of carbonyl (C=O) groups is 1. The maximum Gasteiger partial charge on any atom is 0.407 e. The third kappa shape index (κ3) is 3.06. The molecule has 0 atom stereocenters. The molecule has 2 aromatic heterocycles. The van der Waals surface area contributed by atoms with E-state index in [9.17, 15) is 9.59 Å². The van der Waals surface area contributed by atoms with Crippen LogP contribution in [0.15, 0.2) is 53.5 Å². The average Bonchev–Trinajstić information content (AvgIpc) is 3.47. The maximum absolute atomic E-state index is 13.0. The summed E-state index contributed by atoms with van der Waals surface area (Å²) in [5.41, 5.74) is 2.63. The fourth-order valence-electron chi connectivity index (χ4n) is 3.93. The topological polar surface area (TPSA) is 78.2 Å². The molecular weight excluding hydrogens is 356 g/mol. The van der Waals surface area contributed by atoms with Gasteiger partial charge in [0.15, 0.2) is 5.65 Å². The number of pyridine rings is 1. The zero-order valence-electron chi connectivity index (χ0n) is 15.5. The molecule has 0 saturated heterocycles. The Morgan fingerprint density at radius 2 is 1.86 bits per heavy atom. The number of rotatable bonds is 5. The van der Waals surface area contributed by atoms with Crippen molar-refractivity contribution in [3.63, 3.8) is 0 Å². The molecule has 1 N–H and O–H groups in total. The maximum atomic E-state index is 13.0. The lowest BCUT2D eigenvalue weighted by atomic mass is 9.86. The molecule has 0 spiro atoms. The number of nitrogens with one attached hydrogen (secondary N) is 1. The molecule has 1 aromatic carbocycles. The van der Waals surface area contributed by atoms with Gasteiger partial charge in [0.05, 0.1) is 5.52 Å². The molecule has 144 valence electrons. The number of nitrogens with zero attached hydrogens (tertiary/aromatic N) is 3. The van der Waals surface area contributed by atoms with Gasteiger partial charge < -0.3 is 10.1 Å². The molecule has 7 heteroatoms. The standard InChI is InChI=1S/C21H22N4O3/c26-20(28-13-14-5-2-1-3-6-14)23-15-11-17(12-15)25-19-18(7-4-10-22-19)24(21(25)27)16-8-9-16/h1-7,10,15-17H,8-9,11-13H2,(H,23,26)/t15-,17-. The van der Waals surface area contributed by atoms with Crippen LogP contribution in [0, 0.1) is 0 Å². The number of benzene rings is 1. The first-order valence-corrected chi connectivity index (χ1v) is 9.75. The van der Waals surface area contributed by atoms with Gasteiger partial charge in [0.2, 0.25) is 0 Å². The van der Waals surface area contributed by atoms with Crippen molar-refractivity contribution in [3.8, 4) is 0 Å². The molecule has 7 nitrogen and oxygen atoms in total. The van der Waals surface area contributed by atoms with Crippen LogP contribution in [0.25, 0.3) is 11.2 Å². The van der Waals surface area contributed by atoms with E-state index >= 15 is 0 Å². The Bertz CT molecular complexity index is 1060. The Balaban J connectivity index is 1.23. The molecule has 2 heterocycles. The smallest absolute Gasteiger partial charge is 0.407 e. The first-order valence-electron chi connectivity index (χ1n) is 9.75. The third-order valence-corrected chi connectivity index (χ3v) is 5.59. The van der Waals surface area contributed by atoms with Crippen LogP contribution in [0.4, 0.5) is 4.79 Å². The number of hydrogen-bond acceptors (Lipinski definition) is 4. The highest BCUT2D eigenvalue weighted by molar-refractivity contribution is 5.72. The predicted octanol–water partition coefficient (Wildman–Crippen LogP) is 3.16. The van der Waals surface area contributed by atoms with E-state index in [0.29, 0.717) is 18.9 Å². The van der Waals surface area contributed by atoms with Crippen molar-refractivity contribution in [1.29, 1.82) is 0 Å². The minimum absolute atomic E-state index is 0.0169. The lowest BCUT2D eigenvalue weighted by Gasteiger charge is -2.35. The van der Waals surface area contributed by atoms with Gasteiger partial charge in [0.25, 0.3) is 0 Å². The summed E-state index contributed by atoms with van der Waals surface area (Å²) in [6, 6.07) is 13.8. The van der Waals surface area contributed by atoms with Crippen LogP contribution in [0.5, 0.6) is 0 Å². The van der Waals surface area contributed by atoms with Crippen molar-refractivity contribution in [3.05, 3.63) is 64.7 Å². The first kappa shape index (κ1) is 17.0. The summed E-state index contributed by atoms with van der Waals surface area (Å²) in [4.78, 5) is 29.4. The van der Waals surface area contributed by atoms with Crippen LogP contribution >= 0.6 is 0 Å². The van der Waals surface area contributed by atoms with E-state index in [1.54, 1.807) is 10.8 Å². The summed E-state index contributed by atoms with van der Waals surface area (Å²) < 4.78 is 8.97. The molecule has 28 heavy (non-hydrogen) atoms. The van der Waals surface area contributed by atoms with Crippen LogP contribution in [0.1, 0.15) is 43.3 Å². The minimum Gasteiger partial charge on any atom is -0.445 e. The monoisotopic (exact) mass is 378 g/mol.